The van der Waals surface area contributed by atoms with Crippen molar-refractivity contribution < 1.29 is 9.90 Å². The van der Waals surface area contributed by atoms with Gasteiger partial charge in [0.1, 0.15) is 0 Å². The molecular formula is C9H16BrNO2. The average molecular weight is 250 g/mol. The minimum absolute atomic E-state index is 0.130. The molecule has 0 saturated carbocycles. The summed E-state index contributed by atoms with van der Waals surface area (Å²) in [6.45, 7) is 3.86. The molecule has 0 bridgehead atoms. The number of hydrogen-bond acceptors (Lipinski definition) is 2. The Labute approximate surface area is 87.2 Å². The summed E-state index contributed by atoms with van der Waals surface area (Å²) >= 11 is 3.16. The lowest BCUT2D eigenvalue weighted by atomic mass is 9.91. The number of amides is 1. The molecule has 0 aliphatic carbocycles. The fraction of sp³-hybridized carbons (Fsp3) is 0.889. The summed E-state index contributed by atoms with van der Waals surface area (Å²) in [6, 6.07) is 0. The van der Waals surface area contributed by atoms with Gasteiger partial charge in [0, 0.05) is 19.7 Å². The first-order valence-electron chi connectivity index (χ1n) is 4.62. The predicted octanol–water partition coefficient (Wildman–Crippen LogP) is 0.858. The topological polar surface area (TPSA) is 40.5 Å². The molecule has 1 heterocycles. The maximum absolute atomic E-state index is 11.4. The highest BCUT2D eigenvalue weighted by molar-refractivity contribution is 9.09. The summed E-state index contributed by atoms with van der Waals surface area (Å²) in [4.78, 5) is 13.2. The van der Waals surface area contributed by atoms with Crippen molar-refractivity contribution in [3.8, 4) is 0 Å². The van der Waals surface area contributed by atoms with Gasteiger partial charge < -0.3 is 10.0 Å². The van der Waals surface area contributed by atoms with E-state index in [9.17, 15) is 4.79 Å². The molecule has 1 aliphatic heterocycles. The van der Waals surface area contributed by atoms with Crippen molar-refractivity contribution in [1.82, 2.24) is 4.90 Å². The van der Waals surface area contributed by atoms with E-state index in [0.717, 1.165) is 13.0 Å². The van der Waals surface area contributed by atoms with Crippen molar-refractivity contribution in [2.75, 3.05) is 25.0 Å². The molecule has 0 radical (unpaired) electrons. The lowest BCUT2D eigenvalue weighted by Gasteiger charge is -2.35. The van der Waals surface area contributed by atoms with Crippen molar-refractivity contribution in [2.24, 2.45) is 11.8 Å². The third-order valence-electron chi connectivity index (χ3n) is 2.47. The Morgan fingerprint density at radius 1 is 1.62 bits per heavy atom. The Balaban J connectivity index is 2.51. The smallest absolute Gasteiger partial charge is 0.233 e. The second kappa shape index (κ2) is 4.96. The maximum Gasteiger partial charge on any atom is 0.233 e. The van der Waals surface area contributed by atoms with Gasteiger partial charge in [-0.15, -0.1) is 0 Å². The Kier molecular flexibility index (Phi) is 4.19. The number of piperidine rings is 1. The molecule has 76 valence electrons. The number of halogens is 1. The summed E-state index contributed by atoms with van der Waals surface area (Å²) in [5.41, 5.74) is 0. The standard InChI is InChI=1S/C9H16BrNO2/c1-7-2-8(6-12)5-11(4-7)9(13)3-10/h7-8,12H,2-6H2,1H3. The Hall–Kier alpha value is -0.0900. The normalized spacial score (nSPS) is 29.0. The van der Waals surface area contributed by atoms with Crippen LogP contribution in [0.5, 0.6) is 0 Å². The Morgan fingerprint density at radius 2 is 2.31 bits per heavy atom. The number of rotatable bonds is 2. The number of hydrogen-bond donors (Lipinski definition) is 1. The van der Waals surface area contributed by atoms with Crippen molar-refractivity contribution in [1.29, 1.82) is 0 Å². The largest absolute Gasteiger partial charge is 0.396 e. The van der Waals surface area contributed by atoms with E-state index in [1.807, 2.05) is 4.90 Å². The van der Waals surface area contributed by atoms with Crippen LogP contribution in [0.15, 0.2) is 0 Å². The van der Waals surface area contributed by atoms with E-state index >= 15 is 0 Å². The van der Waals surface area contributed by atoms with Crippen LogP contribution in [-0.4, -0.2) is 40.9 Å². The molecule has 1 fully saturated rings. The summed E-state index contributed by atoms with van der Waals surface area (Å²) < 4.78 is 0. The van der Waals surface area contributed by atoms with Crippen LogP contribution in [-0.2, 0) is 4.79 Å². The predicted molar refractivity (Wildman–Crippen MR) is 54.7 cm³/mol. The molecule has 0 aromatic heterocycles. The maximum atomic E-state index is 11.4. The van der Waals surface area contributed by atoms with Gasteiger partial charge in [0.2, 0.25) is 5.91 Å². The van der Waals surface area contributed by atoms with Crippen molar-refractivity contribution in [3.05, 3.63) is 0 Å². The molecule has 3 nitrogen and oxygen atoms in total. The first-order valence-corrected chi connectivity index (χ1v) is 5.74. The van der Waals surface area contributed by atoms with E-state index in [2.05, 4.69) is 22.9 Å². The molecule has 4 heteroatoms. The van der Waals surface area contributed by atoms with Crippen LogP contribution in [0, 0.1) is 11.8 Å². The lowest BCUT2D eigenvalue weighted by Crippen LogP contribution is -2.44. The van der Waals surface area contributed by atoms with Crippen LogP contribution in [0.2, 0.25) is 0 Å². The van der Waals surface area contributed by atoms with Gasteiger partial charge in [-0.05, 0) is 18.3 Å². The molecule has 1 aliphatic rings. The van der Waals surface area contributed by atoms with Gasteiger partial charge in [0.15, 0.2) is 0 Å². The van der Waals surface area contributed by atoms with Crippen LogP contribution in [0.1, 0.15) is 13.3 Å². The number of aliphatic hydroxyl groups is 1. The highest BCUT2D eigenvalue weighted by Gasteiger charge is 2.26. The zero-order valence-electron chi connectivity index (χ0n) is 7.87. The van der Waals surface area contributed by atoms with Gasteiger partial charge in [0.05, 0.1) is 5.33 Å². The second-order valence-electron chi connectivity index (χ2n) is 3.82. The molecule has 1 saturated heterocycles. The highest BCUT2D eigenvalue weighted by Crippen LogP contribution is 2.21. The number of carbonyl (C=O) groups is 1. The van der Waals surface area contributed by atoms with Crippen LogP contribution in [0.25, 0.3) is 0 Å². The first-order chi connectivity index (χ1) is 6.17. The van der Waals surface area contributed by atoms with Gasteiger partial charge in [0.25, 0.3) is 0 Å². The molecule has 0 spiro atoms. The van der Waals surface area contributed by atoms with Gasteiger partial charge in [-0.1, -0.05) is 22.9 Å². The van der Waals surface area contributed by atoms with Crippen molar-refractivity contribution >= 4 is 21.8 Å². The highest BCUT2D eigenvalue weighted by atomic mass is 79.9. The van der Waals surface area contributed by atoms with Crippen LogP contribution < -0.4 is 0 Å². The zero-order chi connectivity index (χ0) is 9.84. The van der Waals surface area contributed by atoms with Crippen LogP contribution in [0.3, 0.4) is 0 Å². The molecule has 13 heavy (non-hydrogen) atoms. The summed E-state index contributed by atoms with van der Waals surface area (Å²) in [5.74, 6) is 0.908. The lowest BCUT2D eigenvalue weighted by molar-refractivity contribution is -0.131. The van der Waals surface area contributed by atoms with Crippen LogP contribution in [0.4, 0.5) is 0 Å². The van der Waals surface area contributed by atoms with Gasteiger partial charge in [-0.3, -0.25) is 4.79 Å². The minimum atomic E-state index is 0.130. The number of alkyl halides is 1. The SMILES string of the molecule is CC1CC(CO)CN(C(=O)CBr)C1. The van der Waals surface area contributed by atoms with Gasteiger partial charge in [-0.2, -0.15) is 0 Å². The third kappa shape index (κ3) is 2.95. The zero-order valence-corrected chi connectivity index (χ0v) is 9.46. The summed E-state index contributed by atoms with van der Waals surface area (Å²) in [6.07, 6.45) is 1.03. The molecular weight excluding hydrogens is 234 g/mol. The number of aliphatic hydroxyl groups excluding tert-OH is 1. The fourth-order valence-electron chi connectivity index (χ4n) is 1.90. The van der Waals surface area contributed by atoms with Gasteiger partial charge in [-0.25, -0.2) is 0 Å². The van der Waals surface area contributed by atoms with E-state index < -0.39 is 0 Å². The van der Waals surface area contributed by atoms with E-state index in [0.29, 0.717) is 17.8 Å². The third-order valence-corrected chi connectivity index (χ3v) is 2.95. The summed E-state index contributed by atoms with van der Waals surface area (Å²) in [5, 5.41) is 9.42. The van der Waals surface area contributed by atoms with E-state index in [1.54, 1.807) is 0 Å². The van der Waals surface area contributed by atoms with Gasteiger partial charge >= 0.3 is 0 Å². The molecule has 2 unspecified atom stereocenters. The van der Waals surface area contributed by atoms with E-state index in [4.69, 9.17) is 5.11 Å². The molecule has 0 aromatic carbocycles. The van der Waals surface area contributed by atoms with Crippen molar-refractivity contribution in [2.45, 2.75) is 13.3 Å². The molecule has 1 rings (SSSR count). The Morgan fingerprint density at radius 3 is 2.85 bits per heavy atom. The molecule has 0 aromatic rings. The average Bonchev–Trinajstić information content (AvgIpc) is 2.15. The number of likely N-dealkylation sites (tertiary alicyclic amines) is 1. The second-order valence-corrected chi connectivity index (χ2v) is 4.38. The van der Waals surface area contributed by atoms with E-state index in [-0.39, 0.29) is 18.4 Å². The fourth-order valence-corrected chi connectivity index (χ4v) is 2.26. The van der Waals surface area contributed by atoms with E-state index in [1.165, 1.54) is 0 Å². The van der Waals surface area contributed by atoms with Crippen molar-refractivity contribution in [3.63, 3.8) is 0 Å². The molecule has 2 atom stereocenters. The number of carbonyl (C=O) groups excluding carboxylic acids is 1. The van der Waals surface area contributed by atoms with Crippen LogP contribution >= 0.6 is 15.9 Å². The monoisotopic (exact) mass is 249 g/mol. The Bertz CT molecular complexity index is 186. The molecule has 1 amide bonds. The quantitative estimate of drug-likeness (QED) is 0.738. The first kappa shape index (κ1) is 11.0. The summed E-state index contributed by atoms with van der Waals surface area (Å²) in [7, 11) is 0. The minimum Gasteiger partial charge on any atom is -0.396 e. The molecule has 1 N–H and O–H groups in total. The number of nitrogens with zero attached hydrogens (tertiary/aromatic N) is 1.